The van der Waals surface area contributed by atoms with Crippen LogP contribution in [0.15, 0.2) is 24.3 Å². The monoisotopic (exact) mass is 273 g/mol. The van der Waals surface area contributed by atoms with Crippen LogP contribution in [-0.2, 0) is 16.0 Å². The zero-order valence-electron chi connectivity index (χ0n) is 11.5. The standard InChI is InChI=1S/C16H19NO3/c1-9-15-14(16(19)20-9)13(18)8-12-11-5-3-2-4-10(11)6-7-17(12)15/h2-5,9,12-15,18H,6-8H2,1H3/t9-,12+,13+,14+,15-/m0/s1. The Hall–Kier alpha value is -1.39. The number of fused-ring (bicyclic) bond motifs is 5. The summed E-state index contributed by atoms with van der Waals surface area (Å²) in [5.74, 6) is -0.598. The first-order chi connectivity index (χ1) is 9.66. The van der Waals surface area contributed by atoms with Gasteiger partial charge in [-0.15, -0.1) is 0 Å². The first-order valence-corrected chi connectivity index (χ1v) is 7.39. The van der Waals surface area contributed by atoms with E-state index in [4.69, 9.17) is 4.74 Å². The molecule has 5 atom stereocenters. The van der Waals surface area contributed by atoms with Gasteiger partial charge in [0, 0.05) is 12.6 Å². The SMILES string of the molecule is C[C@@H]1OC(=O)[C@H]2[C@H]1N1CCc3ccccc3[C@H]1C[C@H]2O. The quantitative estimate of drug-likeness (QED) is 0.724. The van der Waals surface area contributed by atoms with Crippen molar-refractivity contribution >= 4 is 5.97 Å². The van der Waals surface area contributed by atoms with Gasteiger partial charge < -0.3 is 9.84 Å². The summed E-state index contributed by atoms with van der Waals surface area (Å²) in [6.07, 6.45) is 0.910. The van der Waals surface area contributed by atoms with Gasteiger partial charge in [0.2, 0.25) is 0 Å². The molecule has 0 amide bonds. The number of aliphatic hydroxyl groups excluding tert-OH is 1. The molecule has 1 aromatic carbocycles. The Morgan fingerprint density at radius 2 is 2.15 bits per heavy atom. The Labute approximate surface area is 118 Å². The fourth-order valence-corrected chi connectivity index (χ4v) is 4.29. The minimum absolute atomic E-state index is 0.0182. The molecule has 1 N–H and O–H groups in total. The van der Waals surface area contributed by atoms with Gasteiger partial charge in [-0.2, -0.15) is 0 Å². The molecular weight excluding hydrogens is 254 g/mol. The molecule has 0 aliphatic carbocycles. The highest BCUT2D eigenvalue weighted by molar-refractivity contribution is 5.77. The summed E-state index contributed by atoms with van der Waals surface area (Å²) in [6.45, 7) is 2.88. The van der Waals surface area contributed by atoms with Crippen LogP contribution >= 0.6 is 0 Å². The summed E-state index contributed by atoms with van der Waals surface area (Å²) in [7, 11) is 0. The van der Waals surface area contributed by atoms with Crippen molar-refractivity contribution in [3.8, 4) is 0 Å². The maximum Gasteiger partial charge on any atom is 0.313 e. The zero-order chi connectivity index (χ0) is 13.9. The fourth-order valence-electron chi connectivity index (χ4n) is 4.29. The Balaban J connectivity index is 1.76. The van der Waals surface area contributed by atoms with E-state index in [9.17, 15) is 9.90 Å². The summed E-state index contributed by atoms with van der Waals surface area (Å²) in [5, 5.41) is 10.4. The van der Waals surface area contributed by atoms with Crippen molar-refractivity contribution in [3.05, 3.63) is 35.4 Å². The van der Waals surface area contributed by atoms with Crippen molar-refractivity contribution in [2.45, 2.75) is 44.1 Å². The molecule has 2 fully saturated rings. The van der Waals surface area contributed by atoms with E-state index in [0.717, 1.165) is 13.0 Å². The molecule has 4 nitrogen and oxygen atoms in total. The van der Waals surface area contributed by atoms with E-state index in [1.165, 1.54) is 11.1 Å². The molecule has 20 heavy (non-hydrogen) atoms. The Kier molecular flexibility index (Phi) is 2.66. The Morgan fingerprint density at radius 1 is 1.35 bits per heavy atom. The number of hydrogen-bond acceptors (Lipinski definition) is 4. The van der Waals surface area contributed by atoms with Crippen LogP contribution in [0.3, 0.4) is 0 Å². The van der Waals surface area contributed by atoms with Gasteiger partial charge in [0.25, 0.3) is 0 Å². The summed E-state index contributed by atoms with van der Waals surface area (Å²) in [4.78, 5) is 14.3. The number of benzene rings is 1. The highest BCUT2D eigenvalue weighted by atomic mass is 16.6. The lowest BCUT2D eigenvalue weighted by molar-refractivity contribution is -0.147. The molecule has 1 aromatic rings. The van der Waals surface area contributed by atoms with Crippen molar-refractivity contribution in [1.29, 1.82) is 0 Å². The normalized spacial score (nSPS) is 39.7. The van der Waals surface area contributed by atoms with Gasteiger partial charge in [0.15, 0.2) is 0 Å². The van der Waals surface area contributed by atoms with Gasteiger partial charge in [-0.25, -0.2) is 0 Å². The number of nitrogens with zero attached hydrogens (tertiary/aromatic N) is 1. The number of hydrogen-bond donors (Lipinski definition) is 1. The van der Waals surface area contributed by atoms with E-state index >= 15 is 0 Å². The van der Waals surface area contributed by atoms with Crippen LogP contribution in [-0.4, -0.2) is 40.8 Å². The van der Waals surface area contributed by atoms with Crippen LogP contribution in [0.5, 0.6) is 0 Å². The van der Waals surface area contributed by atoms with E-state index in [0.29, 0.717) is 6.42 Å². The number of piperidine rings is 1. The lowest BCUT2D eigenvalue weighted by atomic mass is 9.77. The number of aliphatic hydroxyl groups is 1. The molecule has 2 saturated heterocycles. The Morgan fingerprint density at radius 3 is 3.00 bits per heavy atom. The molecular formula is C16H19NO3. The highest BCUT2D eigenvalue weighted by Gasteiger charge is 2.55. The second kappa shape index (κ2) is 4.30. The minimum Gasteiger partial charge on any atom is -0.461 e. The van der Waals surface area contributed by atoms with E-state index in [1.54, 1.807) is 0 Å². The summed E-state index contributed by atoms with van der Waals surface area (Å²) < 4.78 is 5.37. The topological polar surface area (TPSA) is 49.8 Å². The number of ether oxygens (including phenoxy) is 1. The van der Waals surface area contributed by atoms with Gasteiger partial charge >= 0.3 is 5.97 Å². The number of esters is 1. The van der Waals surface area contributed by atoms with Crippen molar-refractivity contribution in [3.63, 3.8) is 0 Å². The van der Waals surface area contributed by atoms with Crippen molar-refractivity contribution < 1.29 is 14.6 Å². The highest BCUT2D eigenvalue weighted by Crippen LogP contribution is 2.45. The molecule has 3 aliphatic heterocycles. The predicted octanol–water partition coefficient (Wildman–Crippen LogP) is 1.28. The maximum absolute atomic E-state index is 11.9. The van der Waals surface area contributed by atoms with Crippen LogP contribution in [0.25, 0.3) is 0 Å². The number of carbonyl (C=O) groups excluding carboxylic acids is 1. The third kappa shape index (κ3) is 1.58. The fraction of sp³-hybridized carbons (Fsp3) is 0.562. The Bertz CT molecular complexity index is 558. The molecule has 0 spiro atoms. The van der Waals surface area contributed by atoms with Crippen LogP contribution in [0.1, 0.15) is 30.5 Å². The molecule has 0 aromatic heterocycles. The van der Waals surface area contributed by atoms with Crippen LogP contribution in [0, 0.1) is 5.92 Å². The number of rotatable bonds is 0. The third-order valence-electron chi connectivity index (χ3n) is 5.14. The van der Waals surface area contributed by atoms with Crippen molar-refractivity contribution in [1.82, 2.24) is 4.90 Å². The lowest BCUT2D eigenvalue weighted by Gasteiger charge is -2.48. The van der Waals surface area contributed by atoms with Gasteiger partial charge in [-0.3, -0.25) is 9.69 Å². The molecule has 3 aliphatic rings. The van der Waals surface area contributed by atoms with E-state index < -0.39 is 6.10 Å². The van der Waals surface area contributed by atoms with Gasteiger partial charge in [0.05, 0.1) is 12.1 Å². The summed E-state index contributed by atoms with van der Waals surface area (Å²) >= 11 is 0. The molecule has 0 saturated carbocycles. The van der Waals surface area contributed by atoms with E-state index in [1.807, 2.05) is 6.92 Å². The van der Waals surface area contributed by atoms with Crippen molar-refractivity contribution in [2.24, 2.45) is 5.92 Å². The predicted molar refractivity (Wildman–Crippen MR) is 73.0 cm³/mol. The average Bonchev–Trinajstić information content (AvgIpc) is 2.75. The van der Waals surface area contributed by atoms with E-state index in [-0.39, 0.29) is 30.1 Å². The third-order valence-corrected chi connectivity index (χ3v) is 5.14. The molecule has 4 rings (SSSR count). The van der Waals surface area contributed by atoms with Gasteiger partial charge in [-0.05, 0) is 30.9 Å². The second-order valence-electron chi connectivity index (χ2n) is 6.16. The molecule has 0 unspecified atom stereocenters. The lowest BCUT2D eigenvalue weighted by Crippen LogP contribution is -2.56. The van der Waals surface area contributed by atoms with Gasteiger partial charge in [0.1, 0.15) is 12.0 Å². The molecule has 4 heteroatoms. The zero-order valence-corrected chi connectivity index (χ0v) is 11.5. The number of cyclic esters (lactones) is 1. The van der Waals surface area contributed by atoms with Crippen LogP contribution < -0.4 is 0 Å². The number of carbonyl (C=O) groups is 1. The molecule has 3 heterocycles. The first kappa shape index (κ1) is 12.4. The van der Waals surface area contributed by atoms with E-state index in [2.05, 4.69) is 29.2 Å². The summed E-state index contributed by atoms with van der Waals surface area (Å²) in [6, 6.07) is 8.69. The molecule has 0 radical (unpaired) electrons. The molecule has 106 valence electrons. The molecule has 0 bridgehead atoms. The van der Waals surface area contributed by atoms with Crippen LogP contribution in [0.2, 0.25) is 0 Å². The summed E-state index contributed by atoms with van der Waals surface area (Å²) in [5.41, 5.74) is 2.68. The largest absolute Gasteiger partial charge is 0.461 e. The average molecular weight is 273 g/mol. The van der Waals surface area contributed by atoms with Gasteiger partial charge in [-0.1, -0.05) is 24.3 Å². The minimum atomic E-state index is -0.593. The second-order valence-corrected chi connectivity index (χ2v) is 6.16. The maximum atomic E-state index is 11.9. The first-order valence-electron chi connectivity index (χ1n) is 7.39. The smallest absolute Gasteiger partial charge is 0.313 e. The van der Waals surface area contributed by atoms with Crippen LogP contribution in [0.4, 0.5) is 0 Å². The van der Waals surface area contributed by atoms with Crippen molar-refractivity contribution in [2.75, 3.05) is 6.54 Å².